The van der Waals surface area contributed by atoms with Gasteiger partial charge in [-0.25, -0.2) is 23.3 Å². The van der Waals surface area contributed by atoms with Crippen LogP contribution in [0.15, 0.2) is 43.5 Å². The highest BCUT2D eigenvalue weighted by molar-refractivity contribution is 7.46. The molecule has 11 nitrogen and oxygen atoms in total. The van der Waals surface area contributed by atoms with E-state index in [9.17, 15) is 18.7 Å². The minimum absolute atomic E-state index is 0.0954. The zero-order valence-corrected chi connectivity index (χ0v) is 22.3. The quantitative estimate of drug-likeness (QED) is 0.174. The predicted molar refractivity (Wildman–Crippen MR) is 134 cm³/mol. The van der Waals surface area contributed by atoms with Crippen LogP contribution in [-0.4, -0.2) is 52.5 Å². The molecule has 0 spiro atoms. The number of hydrogen-bond donors (Lipinski definition) is 2. The summed E-state index contributed by atoms with van der Waals surface area (Å²) in [6.07, 6.45) is 12.6. The van der Waals surface area contributed by atoms with Gasteiger partial charge in [0.2, 0.25) is 0 Å². The molecule has 3 rings (SSSR count). The van der Waals surface area contributed by atoms with Gasteiger partial charge in [0.05, 0.1) is 19.7 Å². The van der Waals surface area contributed by atoms with Crippen molar-refractivity contribution < 1.29 is 32.4 Å². The lowest BCUT2D eigenvalue weighted by Gasteiger charge is -2.41. The van der Waals surface area contributed by atoms with Gasteiger partial charge in [0.15, 0.2) is 0 Å². The van der Waals surface area contributed by atoms with Gasteiger partial charge in [-0.1, -0.05) is 51.5 Å². The number of ether oxygens (including phenoxy) is 1. The molecular weight excluding hydrogens is 521 g/mol. The summed E-state index contributed by atoms with van der Waals surface area (Å²) in [5.74, 6) is -2.48. The third-order valence-corrected chi connectivity index (χ3v) is 6.81. The molecule has 1 unspecified atom stereocenters. The summed E-state index contributed by atoms with van der Waals surface area (Å²) in [6.45, 7) is 1.79. The number of hydrogen-bond acceptors (Lipinski definition) is 7. The summed E-state index contributed by atoms with van der Waals surface area (Å²) < 4.78 is 55.4. The summed E-state index contributed by atoms with van der Waals surface area (Å²) in [5, 5.41) is 8.28. The van der Waals surface area contributed by atoms with Crippen LogP contribution in [0.25, 0.3) is 0 Å². The molecule has 2 heterocycles. The lowest BCUT2D eigenvalue weighted by molar-refractivity contribution is -0.134. The van der Waals surface area contributed by atoms with E-state index in [1.54, 1.807) is 0 Å². The Kier molecular flexibility index (Phi) is 11.5. The van der Waals surface area contributed by atoms with E-state index in [1.807, 2.05) is 0 Å². The average molecular weight is 557 g/mol. The van der Waals surface area contributed by atoms with Gasteiger partial charge in [-0.2, -0.15) is 10.2 Å². The highest BCUT2D eigenvalue weighted by Crippen LogP contribution is 2.44. The van der Waals surface area contributed by atoms with Crippen LogP contribution in [0.5, 0.6) is 0 Å². The summed E-state index contributed by atoms with van der Waals surface area (Å²) in [4.78, 5) is 27.1. The topological polar surface area (TPSA) is 137 Å². The first-order valence-electron chi connectivity index (χ1n) is 12.7. The minimum Gasteiger partial charge on any atom is -0.367 e. The van der Waals surface area contributed by atoms with Crippen LogP contribution < -0.4 is 0 Å². The summed E-state index contributed by atoms with van der Waals surface area (Å²) in [7, 11) is -4.99. The molecule has 0 aliphatic rings. The highest BCUT2D eigenvalue weighted by Gasteiger charge is 2.46. The molecule has 14 heteroatoms. The third kappa shape index (κ3) is 9.02. The number of aromatic nitrogens is 6. The van der Waals surface area contributed by atoms with E-state index in [2.05, 4.69) is 27.1 Å². The Bertz CT molecular complexity index is 1100. The fourth-order valence-electron chi connectivity index (χ4n) is 4.44. The Labute approximate surface area is 220 Å². The Morgan fingerprint density at radius 1 is 0.974 bits per heavy atom. The van der Waals surface area contributed by atoms with Gasteiger partial charge in [0, 0.05) is 24.2 Å². The number of rotatable bonds is 18. The van der Waals surface area contributed by atoms with Gasteiger partial charge in [-0.05, 0) is 12.5 Å². The van der Waals surface area contributed by atoms with Crippen molar-refractivity contribution >= 4 is 7.82 Å². The van der Waals surface area contributed by atoms with Crippen molar-refractivity contribution in [1.82, 2.24) is 29.5 Å². The number of phosphoric acid groups is 1. The summed E-state index contributed by atoms with van der Waals surface area (Å²) >= 11 is 0. The Morgan fingerprint density at radius 2 is 1.58 bits per heavy atom. The fraction of sp³-hybridized carbons (Fsp3) is 0.583. The van der Waals surface area contributed by atoms with E-state index < -0.39 is 37.6 Å². The van der Waals surface area contributed by atoms with Crippen LogP contribution in [0.4, 0.5) is 8.78 Å². The third-order valence-electron chi connectivity index (χ3n) is 6.35. The maximum Gasteiger partial charge on any atom is 0.469 e. The monoisotopic (exact) mass is 556 g/mol. The first-order chi connectivity index (χ1) is 18.2. The normalized spacial score (nSPS) is 13.7. The molecule has 38 heavy (non-hydrogen) atoms. The molecule has 1 aromatic carbocycles. The maximum absolute atomic E-state index is 15.4. The number of nitrogens with zero attached hydrogens (tertiary/aromatic N) is 6. The van der Waals surface area contributed by atoms with E-state index in [1.165, 1.54) is 47.2 Å². The van der Waals surface area contributed by atoms with E-state index in [-0.39, 0.29) is 25.3 Å². The van der Waals surface area contributed by atoms with Crippen LogP contribution in [-0.2, 0) is 32.5 Å². The van der Waals surface area contributed by atoms with E-state index in [0.29, 0.717) is 12.5 Å². The molecule has 210 valence electrons. The van der Waals surface area contributed by atoms with E-state index in [4.69, 9.17) is 9.26 Å². The van der Waals surface area contributed by atoms with Crippen molar-refractivity contribution in [3.05, 3.63) is 60.7 Å². The van der Waals surface area contributed by atoms with Crippen LogP contribution in [0, 0.1) is 17.6 Å². The zero-order chi connectivity index (χ0) is 27.4. The molecule has 3 aromatic rings. The van der Waals surface area contributed by atoms with Gasteiger partial charge in [0.1, 0.15) is 42.5 Å². The molecule has 0 fully saturated rings. The molecule has 0 saturated carbocycles. The van der Waals surface area contributed by atoms with Crippen molar-refractivity contribution in [1.29, 1.82) is 0 Å². The van der Waals surface area contributed by atoms with Crippen molar-refractivity contribution in [2.75, 3.05) is 13.2 Å². The molecule has 2 aromatic heterocycles. The molecule has 0 bridgehead atoms. The van der Waals surface area contributed by atoms with Crippen LogP contribution >= 0.6 is 7.82 Å². The average Bonchev–Trinajstić information content (AvgIpc) is 3.57. The summed E-state index contributed by atoms with van der Waals surface area (Å²) in [5.41, 5.74) is -1.85. The molecular formula is C24H35F2N6O5P. The SMILES string of the molecule is CCCCCCCCCOC(COP(=O)(O)O)(c1ccc(F)cc1F)C(Cn1cncn1)Cn1cncn1. The number of phosphoric ester groups is 1. The van der Waals surface area contributed by atoms with Crippen molar-refractivity contribution in [2.24, 2.45) is 5.92 Å². The second-order valence-electron chi connectivity index (χ2n) is 9.18. The molecule has 2 N–H and O–H groups in total. The molecule has 0 saturated heterocycles. The van der Waals surface area contributed by atoms with Gasteiger partial charge < -0.3 is 14.5 Å². The van der Waals surface area contributed by atoms with Gasteiger partial charge in [-0.3, -0.25) is 13.9 Å². The first-order valence-corrected chi connectivity index (χ1v) is 14.2. The van der Waals surface area contributed by atoms with Crippen molar-refractivity contribution in [2.45, 2.75) is 70.6 Å². The Balaban J connectivity index is 1.98. The smallest absolute Gasteiger partial charge is 0.367 e. The van der Waals surface area contributed by atoms with E-state index >= 15 is 4.39 Å². The largest absolute Gasteiger partial charge is 0.469 e. The predicted octanol–water partition coefficient (Wildman–Crippen LogP) is 4.24. The first kappa shape index (κ1) is 30.0. The van der Waals surface area contributed by atoms with Crippen LogP contribution in [0.1, 0.15) is 57.4 Å². The molecule has 0 aliphatic heterocycles. The molecule has 0 aliphatic carbocycles. The summed E-state index contributed by atoms with van der Waals surface area (Å²) in [6, 6.07) is 3.00. The van der Waals surface area contributed by atoms with Crippen molar-refractivity contribution in [3.63, 3.8) is 0 Å². The lowest BCUT2D eigenvalue weighted by atomic mass is 9.80. The highest BCUT2D eigenvalue weighted by atomic mass is 31.2. The van der Waals surface area contributed by atoms with Gasteiger partial charge >= 0.3 is 7.82 Å². The molecule has 1 atom stereocenters. The second kappa shape index (κ2) is 14.5. The number of unbranched alkanes of at least 4 members (excludes halogenated alkanes) is 6. The van der Waals surface area contributed by atoms with Crippen LogP contribution in [0.2, 0.25) is 0 Å². The van der Waals surface area contributed by atoms with Crippen LogP contribution in [0.3, 0.4) is 0 Å². The number of halogens is 2. The lowest BCUT2D eigenvalue weighted by Crippen LogP contribution is -2.47. The Hall–Kier alpha value is -2.57. The van der Waals surface area contributed by atoms with Crippen molar-refractivity contribution in [3.8, 4) is 0 Å². The number of benzene rings is 1. The Morgan fingerprint density at radius 3 is 2.11 bits per heavy atom. The van der Waals surface area contributed by atoms with Gasteiger partial charge in [-0.15, -0.1) is 0 Å². The van der Waals surface area contributed by atoms with Gasteiger partial charge in [0.25, 0.3) is 0 Å². The maximum atomic E-state index is 15.4. The second-order valence-corrected chi connectivity index (χ2v) is 10.4. The molecule has 0 radical (unpaired) electrons. The minimum atomic E-state index is -4.99. The zero-order valence-electron chi connectivity index (χ0n) is 21.4. The molecule has 0 amide bonds. The fourth-order valence-corrected chi connectivity index (χ4v) is 4.80. The van der Waals surface area contributed by atoms with E-state index in [0.717, 1.165) is 38.2 Å². The standard InChI is InChI=1S/C24H35F2N6O5P/c1-2-3-4-5-6-7-8-11-36-24(15-37-38(33,34)35,22-10-9-21(25)12-23(22)26)20(13-31-18-27-16-29-31)14-32-19-28-17-30-32/h9-10,12,16-20H,2-8,11,13-15H2,1H3,(H2,33,34,35).